The van der Waals surface area contributed by atoms with Crippen LogP contribution in [0.2, 0.25) is 5.02 Å². The lowest BCUT2D eigenvalue weighted by Crippen LogP contribution is -2.18. The molecular formula is C12H16ClN. The van der Waals surface area contributed by atoms with E-state index in [1.807, 2.05) is 31.2 Å². The Morgan fingerprint density at radius 2 is 2.14 bits per heavy atom. The molecule has 0 fully saturated rings. The van der Waals surface area contributed by atoms with Crippen molar-refractivity contribution in [2.75, 3.05) is 6.54 Å². The fourth-order valence-electron chi connectivity index (χ4n) is 1.30. The first kappa shape index (κ1) is 11.3. The number of hydrogen-bond donors (Lipinski definition) is 1. The highest BCUT2D eigenvalue weighted by Crippen LogP contribution is 2.21. The van der Waals surface area contributed by atoms with E-state index in [1.165, 1.54) is 0 Å². The molecule has 1 aromatic carbocycles. The van der Waals surface area contributed by atoms with E-state index >= 15 is 0 Å². The van der Waals surface area contributed by atoms with E-state index in [1.54, 1.807) is 0 Å². The second-order valence-corrected chi connectivity index (χ2v) is 3.63. The van der Waals surface area contributed by atoms with Gasteiger partial charge in [0.1, 0.15) is 0 Å². The summed E-state index contributed by atoms with van der Waals surface area (Å²) in [7, 11) is 0. The molecule has 0 aliphatic carbocycles. The number of halogens is 1. The maximum Gasteiger partial charge on any atom is 0.0453 e. The number of rotatable bonds is 4. The molecule has 0 heterocycles. The fraction of sp³-hybridized carbons (Fsp3) is 0.333. The van der Waals surface area contributed by atoms with Gasteiger partial charge in [0.05, 0.1) is 0 Å². The third-order valence-electron chi connectivity index (χ3n) is 2.15. The van der Waals surface area contributed by atoms with Gasteiger partial charge in [0.25, 0.3) is 0 Å². The molecule has 0 unspecified atom stereocenters. The normalized spacial score (nSPS) is 13.4. The summed E-state index contributed by atoms with van der Waals surface area (Å²) in [6.45, 7) is 5.01. The van der Waals surface area contributed by atoms with Gasteiger partial charge in [-0.2, -0.15) is 0 Å². The Bertz CT molecular complexity index is 307. The Morgan fingerprint density at radius 3 is 2.79 bits per heavy atom. The lowest BCUT2D eigenvalue weighted by molar-refractivity contribution is 0.617. The van der Waals surface area contributed by atoms with E-state index in [9.17, 15) is 0 Å². The van der Waals surface area contributed by atoms with E-state index in [-0.39, 0.29) is 0 Å². The van der Waals surface area contributed by atoms with Crippen LogP contribution in [0.3, 0.4) is 0 Å². The number of benzene rings is 1. The SMILES string of the molecule is C/C=C/CN[C@@H](C)c1ccccc1Cl. The maximum absolute atomic E-state index is 6.07. The summed E-state index contributed by atoms with van der Waals surface area (Å²) in [4.78, 5) is 0. The van der Waals surface area contributed by atoms with Gasteiger partial charge in [0.2, 0.25) is 0 Å². The summed E-state index contributed by atoms with van der Waals surface area (Å²) in [6, 6.07) is 8.22. The Hall–Kier alpha value is -0.790. The summed E-state index contributed by atoms with van der Waals surface area (Å²) in [5.74, 6) is 0. The molecule has 1 atom stereocenters. The Balaban J connectivity index is 2.60. The molecule has 0 saturated carbocycles. The zero-order valence-electron chi connectivity index (χ0n) is 8.63. The van der Waals surface area contributed by atoms with E-state index in [0.717, 1.165) is 17.1 Å². The van der Waals surface area contributed by atoms with Crippen LogP contribution in [-0.2, 0) is 0 Å². The van der Waals surface area contributed by atoms with Gasteiger partial charge in [0, 0.05) is 17.6 Å². The molecule has 0 aliphatic heterocycles. The first-order valence-electron chi connectivity index (χ1n) is 4.84. The smallest absolute Gasteiger partial charge is 0.0453 e. The predicted octanol–water partition coefficient (Wildman–Crippen LogP) is 3.57. The predicted molar refractivity (Wildman–Crippen MR) is 62.7 cm³/mol. The molecule has 0 aromatic heterocycles. The molecule has 14 heavy (non-hydrogen) atoms. The van der Waals surface area contributed by atoms with Gasteiger partial charge in [-0.3, -0.25) is 0 Å². The first-order valence-corrected chi connectivity index (χ1v) is 5.22. The number of allylic oxidation sites excluding steroid dienone is 1. The standard InChI is InChI=1S/C12H16ClN/c1-3-4-9-14-10(2)11-7-5-6-8-12(11)13/h3-8,10,14H,9H2,1-2H3/b4-3+/t10-/m0/s1. The third kappa shape index (κ3) is 3.17. The Labute approximate surface area is 90.8 Å². The van der Waals surface area contributed by atoms with Crippen molar-refractivity contribution in [1.29, 1.82) is 0 Å². The van der Waals surface area contributed by atoms with E-state index in [0.29, 0.717) is 6.04 Å². The van der Waals surface area contributed by atoms with Crippen molar-refractivity contribution < 1.29 is 0 Å². The van der Waals surface area contributed by atoms with Gasteiger partial charge < -0.3 is 5.32 Å². The zero-order chi connectivity index (χ0) is 10.4. The van der Waals surface area contributed by atoms with Crippen molar-refractivity contribution in [1.82, 2.24) is 5.32 Å². The van der Waals surface area contributed by atoms with Crippen molar-refractivity contribution in [2.45, 2.75) is 19.9 Å². The van der Waals surface area contributed by atoms with Crippen LogP contribution in [0.1, 0.15) is 25.5 Å². The van der Waals surface area contributed by atoms with Gasteiger partial charge >= 0.3 is 0 Å². The summed E-state index contributed by atoms with van der Waals surface area (Å²) in [6.07, 6.45) is 4.12. The second kappa shape index (κ2) is 5.84. The molecule has 0 bridgehead atoms. The molecule has 1 N–H and O–H groups in total. The van der Waals surface area contributed by atoms with Crippen molar-refractivity contribution in [3.8, 4) is 0 Å². The minimum absolute atomic E-state index is 0.292. The summed E-state index contributed by atoms with van der Waals surface area (Å²) < 4.78 is 0. The molecule has 0 spiro atoms. The number of hydrogen-bond acceptors (Lipinski definition) is 1. The van der Waals surface area contributed by atoms with Crippen LogP contribution in [-0.4, -0.2) is 6.54 Å². The fourth-order valence-corrected chi connectivity index (χ4v) is 1.60. The minimum Gasteiger partial charge on any atom is -0.307 e. The highest BCUT2D eigenvalue weighted by Gasteiger charge is 2.06. The molecule has 1 rings (SSSR count). The monoisotopic (exact) mass is 209 g/mol. The van der Waals surface area contributed by atoms with Crippen LogP contribution in [0.5, 0.6) is 0 Å². The maximum atomic E-state index is 6.07. The van der Waals surface area contributed by atoms with E-state index < -0.39 is 0 Å². The highest BCUT2D eigenvalue weighted by molar-refractivity contribution is 6.31. The van der Waals surface area contributed by atoms with Crippen LogP contribution in [0.25, 0.3) is 0 Å². The Kier molecular flexibility index (Phi) is 4.71. The van der Waals surface area contributed by atoms with Gasteiger partial charge in [-0.1, -0.05) is 42.0 Å². The topological polar surface area (TPSA) is 12.0 Å². The molecule has 1 nitrogen and oxygen atoms in total. The molecular weight excluding hydrogens is 194 g/mol. The average molecular weight is 210 g/mol. The number of nitrogens with one attached hydrogen (secondary N) is 1. The zero-order valence-corrected chi connectivity index (χ0v) is 9.38. The van der Waals surface area contributed by atoms with E-state index in [4.69, 9.17) is 11.6 Å². The van der Waals surface area contributed by atoms with Gasteiger partial charge in [-0.25, -0.2) is 0 Å². The van der Waals surface area contributed by atoms with Crippen LogP contribution in [0.15, 0.2) is 36.4 Å². The van der Waals surface area contributed by atoms with Crippen LogP contribution < -0.4 is 5.32 Å². The third-order valence-corrected chi connectivity index (χ3v) is 2.49. The largest absolute Gasteiger partial charge is 0.307 e. The Morgan fingerprint density at radius 1 is 1.43 bits per heavy atom. The molecule has 0 radical (unpaired) electrons. The highest BCUT2D eigenvalue weighted by atomic mass is 35.5. The molecule has 0 amide bonds. The summed E-state index contributed by atoms with van der Waals surface area (Å²) in [5.41, 5.74) is 1.15. The van der Waals surface area contributed by atoms with Gasteiger partial charge in [0.15, 0.2) is 0 Å². The molecule has 1 aromatic rings. The van der Waals surface area contributed by atoms with Crippen LogP contribution in [0, 0.1) is 0 Å². The van der Waals surface area contributed by atoms with Crippen molar-refractivity contribution in [3.05, 3.63) is 47.0 Å². The molecule has 2 heteroatoms. The molecule has 0 saturated heterocycles. The summed E-state index contributed by atoms with van der Waals surface area (Å²) in [5, 5.41) is 4.20. The molecule has 0 aliphatic rings. The van der Waals surface area contributed by atoms with Crippen molar-refractivity contribution >= 4 is 11.6 Å². The van der Waals surface area contributed by atoms with Crippen molar-refractivity contribution in [2.24, 2.45) is 0 Å². The lowest BCUT2D eigenvalue weighted by atomic mass is 10.1. The summed E-state index contributed by atoms with van der Waals surface area (Å²) >= 11 is 6.07. The quantitative estimate of drug-likeness (QED) is 0.748. The average Bonchev–Trinajstić information content (AvgIpc) is 2.18. The first-order chi connectivity index (χ1) is 6.75. The van der Waals surface area contributed by atoms with Gasteiger partial charge in [-0.05, 0) is 25.5 Å². The van der Waals surface area contributed by atoms with Gasteiger partial charge in [-0.15, -0.1) is 0 Å². The second-order valence-electron chi connectivity index (χ2n) is 3.22. The van der Waals surface area contributed by atoms with Crippen molar-refractivity contribution in [3.63, 3.8) is 0 Å². The lowest BCUT2D eigenvalue weighted by Gasteiger charge is -2.14. The van der Waals surface area contributed by atoms with Crippen LogP contribution in [0.4, 0.5) is 0 Å². The minimum atomic E-state index is 0.292. The van der Waals surface area contributed by atoms with Crippen LogP contribution >= 0.6 is 11.6 Å². The van der Waals surface area contributed by atoms with E-state index in [2.05, 4.69) is 24.4 Å². The molecule has 76 valence electrons.